The molecule has 0 radical (unpaired) electrons. The summed E-state index contributed by atoms with van der Waals surface area (Å²) in [4.78, 5) is 38.4. The zero-order valence-corrected chi connectivity index (χ0v) is 21.8. The van der Waals surface area contributed by atoms with Gasteiger partial charge in [0.25, 0.3) is 5.69 Å². The third kappa shape index (κ3) is 6.04. The van der Waals surface area contributed by atoms with Crippen LogP contribution < -0.4 is 10.1 Å². The summed E-state index contributed by atoms with van der Waals surface area (Å²) in [6.07, 6.45) is 1.58. The molecule has 0 saturated heterocycles. The molecular formula is C25H17Br2N3O6. The van der Waals surface area contributed by atoms with Crippen molar-refractivity contribution in [2.45, 2.75) is 13.5 Å². The number of amides is 1. The summed E-state index contributed by atoms with van der Waals surface area (Å²) in [6.45, 7) is 1.54. The molecule has 9 nitrogen and oxygen atoms in total. The summed E-state index contributed by atoms with van der Waals surface area (Å²) in [6, 6.07) is 16.5. The van der Waals surface area contributed by atoms with Crippen LogP contribution in [0.4, 0.5) is 11.4 Å². The number of hydrogen-bond donors (Lipinski definition) is 1. The Balaban J connectivity index is 1.51. The summed E-state index contributed by atoms with van der Waals surface area (Å²) in [5, 5.41) is 13.6. The predicted octanol–water partition coefficient (Wildman–Crippen LogP) is 6.00. The molecule has 1 N–H and O–H groups in total. The maximum atomic E-state index is 12.4. The Labute approximate surface area is 222 Å². The van der Waals surface area contributed by atoms with Gasteiger partial charge in [-0.15, -0.1) is 0 Å². The van der Waals surface area contributed by atoms with Crippen molar-refractivity contribution in [1.82, 2.24) is 0 Å². The second-order valence-corrected chi connectivity index (χ2v) is 9.33. The number of nitrogens with one attached hydrogen (secondary N) is 1. The number of ether oxygens (including phenoxy) is 2. The first-order chi connectivity index (χ1) is 17.2. The molecule has 0 bridgehead atoms. The number of carbonyl (C=O) groups excluding carboxylic acids is 2. The highest BCUT2D eigenvalue weighted by molar-refractivity contribution is 9.11. The topological polar surface area (TPSA) is 120 Å². The van der Waals surface area contributed by atoms with Crippen molar-refractivity contribution in [3.05, 3.63) is 102 Å². The molecule has 1 aliphatic rings. The number of non-ortho nitro benzene ring substituents is 1. The van der Waals surface area contributed by atoms with Crippen LogP contribution in [-0.2, 0) is 20.9 Å². The highest BCUT2D eigenvalue weighted by Crippen LogP contribution is 2.36. The van der Waals surface area contributed by atoms with Crippen LogP contribution in [0.25, 0.3) is 6.08 Å². The van der Waals surface area contributed by atoms with E-state index in [0.717, 1.165) is 0 Å². The molecule has 0 saturated carbocycles. The van der Waals surface area contributed by atoms with Crippen molar-refractivity contribution >= 4 is 67.1 Å². The van der Waals surface area contributed by atoms with Gasteiger partial charge in [0.05, 0.1) is 13.9 Å². The van der Waals surface area contributed by atoms with E-state index in [0.29, 0.717) is 37.1 Å². The van der Waals surface area contributed by atoms with Crippen molar-refractivity contribution in [3.63, 3.8) is 0 Å². The van der Waals surface area contributed by atoms with Gasteiger partial charge in [-0.25, -0.2) is 9.79 Å². The van der Waals surface area contributed by atoms with E-state index >= 15 is 0 Å². The molecule has 3 aromatic carbocycles. The number of halogens is 2. The molecule has 3 aromatic rings. The summed E-state index contributed by atoms with van der Waals surface area (Å²) in [5.41, 5.74) is 2.63. The third-order valence-electron chi connectivity index (χ3n) is 4.90. The smallest absolute Gasteiger partial charge is 0.363 e. The fourth-order valence-corrected chi connectivity index (χ4v) is 4.76. The minimum absolute atomic E-state index is 0.0109. The minimum atomic E-state index is -0.589. The van der Waals surface area contributed by atoms with Crippen LogP contribution in [0.1, 0.15) is 23.6 Å². The number of nitrogens with zero attached hydrogens (tertiary/aromatic N) is 2. The van der Waals surface area contributed by atoms with Gasteiger partial charge in [0, 0.05) is 30.3 Å². The number of esters is 1. The number of nitro groups is 1. The Hall–Kier alpha value is -3.83. The first-order valence-corrected chi connectivity index (χ1v) is 12.0. The highest BCUT2D eigenvalue weighted by Gasteiger charge is 2.24. The fraction of sp³-hybridized carbons (Fsp3) is 0.0800. The Kier molecular flexibility index (Phi) is 7.61. The fourth-order valence-electron chi connectivity index (χ4n) is 3.31. The Morgan fingerprint density at radius 1 is 1.14 bits per heavy atom. The van der Waals surface area contributed by atoms with Gasteiger partial charge >= 0.3 is 5.97 Å². The SMILES string of the molecule is CC(=O)Nc1ccc(C2=N/C(=C\c3cc(Br)c(OCc4cccc([N+](=O)[O-])c4)c(Br)c3)C(=O)O2)cc1. The number of rotatable bonds is 7. The van der Waals surface area contributed by atoms with E-state index in [2.05, 4.69) is 42.2 Å². The Morgan fingerprint density at radius 3 is 2.47 bits per heavy atom. The first-order valence-electron chi connectivity index (χ1n) is 10.5. The van der Waals surface area contributed by atoms with Crippen molar-refractivity contribution < 1.29 is 24.0 Å². The van der Waals surface area contributed by atoms with Crippen molar-refractivity contribution in [1.29, 1.82) is 0 Å². The minimum Gasteiger partial charge on any atom is -0.487 e. The zero-order valence-electron chi connectivity index (χ0n) is 18.7. The van der Waals surface area contributed by atoms with Crippen LogP contribution in [0.5, 0.6) is 5.75 Å². The quantitative estimate of drug-likeness (QED) is 0.151. The molecule has 0 aromatic heterocycles. The maximum absolute atomic E-state index is 12.4. The summed E-state index contributed by atoms with van der Waals surface area (Å²) >= 11 is 6.94. The molecule has 1 amide bonds. The molecule has 0 aliphatic carbocycles. The lowest BCUT2D eigenvalue weighted by Crippen LogP contribution is -2.07. The molecule has 4 rings (SSSR count). The molecule has 1 heterocycles. The Morgan fingerprint density at radius 2 is 1.83 bits per heavy atom. The highest BCUT2D eigenvalue weighted by atomic mass is 79.9. The normalized spacial score (nSPS) is 13.8. The largest absolute Gasteiger partial charge is 0.487 e. The van der Waals surface area contributed by atoms with Gasteiger partial charge in [0.15, 0.2) is 5.70 Å². The van der Waals surface area contributed by atoms with E-state index in [4.69, 9.17) is 9.47 Å². The number of aliphatic imine (C=N–C) groups is 1. The molecule has 182 valence electrons. The van der Waals surface area contributed by atoms with Crippen LogP contribution in [0, 0.1) is 10.1 Å². The molecule has 11 heteroatoms. The number of anilines is 1. The van der Waals surface area contributed by atoms with Crippen LogP contribution in [0.15, 0.2) is 80.3 Å². The zero-order chi connectivity index (χ0) is 25.8. The van der Waals surface area contributed by atoms with Gasteiger partial charge in [-0.1, -0.05) is 12.1 Å². The lowest BCUT2D eigenvalue weighted by Gasteiger charge is -2.11. The second kappa shape index (κ2) is 10.8. The van der Waals surface area contributed by atoms with Gasteiger partial charge < -0.3 is 14.8 Å². The van der Waals surface area contributed by atoms with E-state index in [1.165, 1.54) is 19.1 Å². The van der Waals surface area contributed by atoms with Crippen LogP contribution in [-0.4, -0.2) is 22.7 Å². The van der Waals surface area contributed by atoms with Gasteiger partial charge in [-0.2, -0.15) is 0 Å². The molecule has 0 spiro atoms. The number of hydrogen-bond acceptors (Lipinski definition) is 7. The van der Waals surface area contributed by atoms with E-state index < -0.39 is 10.9 Å². The number of cyclic esters (lactones) is 1. The Bertz CT molecular complexity index is 1410. The van der Waals surface area contributed by atoms with Gasteiger partial charge in [-0.3, -0.25) is 14.9 Å². The van der Waals surface area contributed by atoms with Crippen molar-refractivity contribution in [3.8, 4) is 5.75 Å². The van der Waals surface area contributed by atoms with Gasteiger partial charge in [0.2, 0.25) is 11.8 Å². The summed E-state index contributed by atoms with van der Waals surface area (Å²) in [5.74, 6) is -0.110. The predicted molar refractivity (Wildman–Crippen MR) is 141 cm³/mol. The number of nitro benzene ring substituents is 1. The van der Waals surface area contributed by atoms with Crippen LogP contribution in [0.2, 0.25) is 0 Å². The summed E-state index contributed by atoms with van der Waals surface area (Å²) < 4.78 is 12.4. The van der Waals surface area contributed by atoms with E-state index in [-0.39, 0.29) is 29.8 Å². The molecule has 36 heavy (non-hydrogen) atoms. The van der Waals surface area contributed by atoms with E-state index in [1.54, 1.807) is 54.6 Å². The number of carbonyl (C=O) groups is 2. The average Bonchev–Trinajstić information content (AvgIpc) is 3.18. The molecule has 1 aliphatic heterocycles. The van der Waals surface area contributed by atoms with Crippen molar-refractivity contribution in [2.24, 2.45) is 4.99 Å². The lowest BCUT2D eigenvalue weighted by molar-refractivity contribution is -0.384. The monoisotopic (exact) mass is 613 g/mol. The van der Waals surface area contributed by atoms with Gasteiger partial charge in [0.1, 0.15) is 12.4 Å². The van der Waals surface area contributed by atoms with E-state index in [1.807, 2.05) is 0 Å². The first kappa shape index (κ1) is 25.3. The lowest BCUT2D eigenvalue weighted by atomic mass is 10.2. The number of benzene rings is 3. The average molecular weight is 615 g/mol. The molecule has 0 atom stereocenters. The van der Waals surface area contributed by atoms with Gasteiger partial charge in [-0.05, 0) is 85.5 Å². The maximum Gasteiger partial charge on any atom is 0.363 e. The van der Waals surface area contributed by atoms with E-state index in [9.17, 15) is 19.7 Å². The molecular weight excluding hydrogens is 598 g/mol. The van der Waals surface area contributed by atoms with Crippen LogP contribution >= 0.6 is 31.9 Å². The standard InChI is InChI=1S/C25H17Br2N3O6/c1-14(31)28-18-7-5-17(6-8-18)24-29-22(25(32)36-24)12-16-10-20(26)23(21(27)11-16)35-13-15-3-2-4-19(9-15)30(33)34/h2-12H,13H2,1H3,(H,28,31)/b22-12-. The third-order valence-corrected chi connectivity index (χ3v) is 6.08. The van der Waals surface area contributed by atoms with Crippen molar-refractivity contribution in [2.75, 3.05) is 5.32 Å². The summed E-state index contributed by atoms with van der Waals surface area (Å²) in [7, 11) is 0. The second-order valence-electron chi connectivity index (χ2n) is 7.62. The van der Waals surface area contributed by atoms with Crippen LogP contribution in [0.3, 0.4) is 0 Å². The molecule has 0 fully saturated rings. The molecule has 0 unspecified atom stereocenters.